The molecule has 1 heterocycles. The molecule has 0 aliphatic heterocycles. The number of aliphatic hydroxyl groups excluding tert-OH is 2. The van der Waals surface area contributed by atoms with E-state index in [1.54, 1.807) is 11.3 Å². The van der Waals surface area contributed by atoms with Crippen molar-refractivity contribution >= 4 is 11.3 Å². The molecular weight excluding hydrogens is 210 g/mol. The van der Waals surface area contributed by atoms with Crippen molar-refractivity contribution in [1.29, 1.82) is 0 Å². The molecule has 86 valence electrons. The number of rotatable bonds is 6. The Morgan fingerprint density at radius 3 is 2.47 bits per heavy atom. The van der Waals surface area contributed by atoms with Gasteiger partial charge in [0.15, 0.2) is 0 Å². The Hall–Kier alpha value is -0.450. The first-order chi connectivity index (χ1) is 7.15. The van der Waals surface area contributed by atoms with Gasteiger partial charge in [0, 0.05) is 22.9 Å². The van der Waals surface area contributed by atoms with E-state index in [1.165, 1.54) is 0 Å². The molecule has 0 bridgehead atoms. The first kappa shape index (κ1) is 12.6. The van der Waals surface area contributed by atoms with Crippen LogP contribution in [0.4, 0.5) is 0 Å². The highest BCUT2D eigenvalue weighted by Crippen LogP contribution is 2.29. The number of aryl methyl sites for hydroxylation is 1. The molecule has 0 fully saturated rings. The fourth-order valence-electron chi connectivity index (χ4n) is 1.74. The average Bonchev–Trinajstić information content (AvgIpc) is 2.63. The van der Waals surface area contributed by atoms with Crippen LogP contribution in [0.3, 0.4) is 0 Å². The Bertz CT molecular complexity index is 295. The highest BCUT2D eigenvalue weighted by atomic mass is 32.1. The minimum Gasteiger partial charge on any atom is -0.396 e. The summed E-state index contributed by atoms with van der Waals surface area (Å²) in [6.07, 6.45) is 2.47. The molecule has 0 atom stereocenters. The van der Waals surface area contributed by atoms with E-state index in [1.807, 2.05) is 12.3 Å². The molecule has 0 aliphatic rings. The molecule has 0 amide bonds. The first-order valence-electron chi connectivity index (χ1n) is 5.28. The molecule has 0 aromatic carbocycles. The lowest BCUT2D eigenvalue weighted by Crippen LogP contribution is -2.32. The molecule has 0 saturated carbocycles. The second kappa shape index (κ2) is 5.58. The van der Waals surface area contributed by atoms with E-state index in [-0.39, 0.29) is 18.6 Å². The maximum Gasteiger partial charge on any atom is 0.0935 e. The molecule has 1 rings (SSSR count). The van der Waals surface area contributed by atoms with Crippen molar-refractivity contribution in [3.8, 4) is 0 Å². The summed E-state index contributed by atoms with van der Waals surface area (Å²) in [7, 11) is 0. The Kier molecular flexibility index (Phi) is 4.70. The SMILES string of the molecule is CCCC(CO)(CO)Cc1nc(C)cs1. The summed E-state index contributed by atoms with van der Waals surface area (Å²) in [5.74, 6) is 0. The zero-order chi connectivity index (χ0) is 11.3. The van der Waals surface area contributed by atoms with E-state index in [2.05, 4.69) is 11.9 Å². The number of thiazole rings is 1. The van der Waals surface area contributed by atoms with Gasteiger partial charge in [-0.25, -0.2) is 4.98 Å². The van der Waals surface area contributed by atoms with Crippen molar-refractivity contribution in [3.05, 3.63) is 16.1 Å². The molecule has 0 unspecified atom stereocenters. The van der Waals surface area contributed by atoms with Crippen LogP contribution in [0.1, 0.15) is 30.5 Å². The summed E-state index contributed by atoms with van der Waals surface area (Å²) in [6.45, 7) is 4.07. The van der Waals surface area contributed by atoms with Crippen molar-refractivity contribution < 1.29 is 10.2 Å². The standard InChI is InChI=1S/C11H19NO2S/c1-3-4-11(7-13,8-14)5-10-12-9(2)6-15-10/h6,13-14H,3-5,7-8H2,1-2H3. The van der Waals surface area contributed by atoms with E-state index < -0.39 is 0 Å². The number of nitrogens with zero attached hydrogens (tertiary/aromatic N) is 1. The monoisotopic (exact) mass is 229 g/mol. The molecule has 0 aliphatic carbocycles. The lowest BCUT2D eigenvalue weighted by Gasteiger charge is -2.28. The Morgan fingerprint density at radius 2 is 2.07 bits per heavy atom. The third-order valence-electron chi connectivity index (χ3n) is 2.64. The van der Waals surface area contributed by atoms with Crippen LogP contribution in [0, 0.1) is 12.3 Å². The molecule has 3 nitrogen and oxygen atoms in total. The third-order valence-corrected chi connectivity index (χ3v) is 3.61. The first-order valence-corrected chi connectivity index (χ1v) is 6.16. The largest absolute Gasteiger partial charge is 0.396 e. The van der Waals surface area contributed by atoms with Crippen LogP contribution in [0.15, 0.2) is 5.38 Å². The van der Waals surface area contributed by atoms with E-state index in [0.29, 0.717) is 6.42 Å². The van der Waals surface area contributed by atoms with Gasteiger partial charge in [0.2, 0.25) is 0 Å². The number of aliphatic hydroxyl groups is 2. The molecule has 15 heavy (non-hydrogen) atoms. The maximum atomic E-state index is 9.39. The van der Waals surface area contributed by atoms with Gasteiger partial charge in [0.1, 0.15) is 0 Å². The number of aromatic nitrogens is 1. The highest BCUT2D eigenvalue weighted by molar-refractivity contribution is 7.09. The van der Waals surface area contributed by atoms with Crippen molar-refractivity contribution in [3.63, 3.8) is 0 Å². The van der Waals surface area contributed by atoms with Crippen LogP contribution in [-0.4, -0.2) is 28.4 Å². The van der Waals surface area contributed by atoms with Gasteiger partial charge in [-0.1, -0.05) is 13.3 Å². The zero-order valence-corrected chi connectivity index (χ0v) is 10.2. The van der Waals surface area contributed by atoms with E-state index in [9.17, 15) is 10.2 Å². The lowest BCUT2D eigenvalue weighted by molar-refractivity contribution is 0.0465. The van der Waals surface area contributed by atoms with Crippen LogP contribution in [0.25, 0.3) is 0 Å². The van der Waals surface area contributed by atoms with Gasteiger partial charge in [0.25, 0.3) is 0 Å². The van der Waals surface area contributed by atoms with Crippen LogP contribution in [-0.2, 0) is 6.42 Å². The highest BCUT2D eigenvalue weighted by Gasteiger charge is 2.29. The van der Waals surface area contributed by atoms with Gasteiger partial charge in [-0.15, -0.1) is 11.3 Å². The second-order valence-electron chi connectivity index (χ2n) is 4.13. The van der Waals surface area contributed by atoms with Crippen LogP contribution >= 0.6 is 11.3 Å². The molecule has 1 aromatic heterocycles. The predicted molar refractivity (Wildman–Crippen MR) is 62.1 cm³/mol. The Labute approximate surface area is 94.8 Å². The molecule has 0 radical (unpaired) electrons. The van der Waals surface area contributed by atoms with E-state index in [4.69, 9.17) is 0 Å². The number of hydrogen-bond donors (Lipinski definition) is 2. The fourth-order valence-corrected chi connectivity index (χ4v) is 2.69. The van der Waals surface area contributed by atoms with Gasteiger partial charge in [0.05, 0.1) is 18.2 Å². The normalized spacial score (nSPS) is 12.0. The van der Waals surface area contributed by atoms with Gasteiger partial charge in [-0.3, -0.25) is 0 Å². The molecule has 0 saturated heterocycles. The lowest BCUT2D eigenvalue weighted by atomic mass is 9.82. The topological polar surface area (TPSA) is 53.4 Å². The Morgan fingerprint density at radius 1 is 1.40 bits per heavy atom. The van der Waals surface area contributed by atoms with Crippen molar-refractivity contribution in [2.24, 2.45) is 5.41 Å². The van der Waals surface area contributed by atoms with Gasteiger partial charge in [-0.05, 0) is 13.3 Å². The van der Waals surface area contributed by atoms with Crippen molar-refractivity contribution in [2.75, 3.05) is 13.2 Å². The maximum absolute atomic E-state index is 9.39. The molecule has 0 spiro atoms. The van der Waals surface area contributed by atoms with Gasteiger partial charge in [-0.2, -0.15) is 0 Å². The zero-order valence-electron chi connectivity index (χ0n) is 9.36. The minimum absolute atomic E-state index is 0.0238. The van der Waals surface area contributed by atoms with E-state index in [0.717, 1.165) is 23.5 Å². The molecular formula is C11H19NO2S. The van der Waals surface area contributed by atoms with Gasteiger partial charge >= 0.3 is 0 Å². The summed E-state index contributed by atoms with van der Waals surface area (Å²) in [4.78, 5) is 4.37. The van der Waals surface area contributed by atoms with Crippen molar-refractivity contribution in [2.45, 2.75) is 33.1 Å². The summed E-state index contributed by atoms with van der Waals surface area (Å²) < 4.78 is 0. The van der Waals surface area contributed by atoms with Crippen molar-refractivity contribution in [1.82, 2.24) is 4.98 Å². The summed E-state index contributed by atoms with van der Waals surface area (Å²) in [6, 6.07) is 0. The third kappa shape index (κ3) is 3.26. The summed E-state index contributed by atoms with van der Waals surface area (Å²) in [5, 5.41) is 21.8. The quantitative estimate of drug-likeness (QED) is 0.781. The minimum atomic E-state index is -0.390. The molecule has 4 heteroatoms. The predicted octanol–water partition coefficient (Wildman–Crippen LogP) is 1.77. The summed E-state index contributed by atoms with van der Waals surface area (Å²) in [5.41, 5.74) is 0.621. The second-order valence-corrected chi connectivity index (χ2v) is 5.07. The summed E-state index contributed by atoms with van der Waals surface area (Å²) >= 11 is 1.60. The average molecular weight is 229 g/mol. The molecule has 1 aromatic rings. The van der Waals surface area contributed by atoms with Crippen LogP contribution < -0.4 is 0 Å². The van der Waals surface area contributed by atoms with Gasteiger partial charge < -0.3 is 10.2 Å². The van der Waals surface area contributed by atoms with Crippen LogP contribution in [0.5, 0.6) is 0 Å². The van der Waals surface area contributed by atoms with Crippen LogP contribution in [0.2, 0.25) is 0 Å². The fraction of sp³-hybridized carbons (Fsp3) is 0.727. The smallest absolute Gasteiger partial charge is 0.0935 e. The van der Waals surface area contributed by atoms with E-state index >= 15 is 0 Å². The number of hydrogen-bond acceptors (Lipinski definition) is 4. The molecule has 2 N–H and O–H groups in total. The Balaban J connectivity index is 2.73.